The van der Waals surface area contributed by atoms with Gasteiger partial charge in [-0.3, -0.25) is 19.8 Å². The van der Waals surface area contributed by atoms with Gasteiger partial charge in [-0.25, -0.2) is 0 Å². The van der Waals surface area contributed by atoms with Crippen LogP contribution in [0.2, 0.25) is 0 Å². The zero-order chi connectivity index (χ0) is 17.6. The number of nitrogens with one attached hydrogen (secondary N) is 1. The van der Waals surface area contributed by atoms with Gasteiger partial charge in [0.1, 0.15) is 5.69 Å². The Labute approximate surface area is 146 Å². The van der Waals surface area contributed by atoms with E-state index in [-0.39, 0.29) is 16.5 Å². The molecule has 2 aromatic carbocycles. The molecule has 0 unspecified atom stereocenters. The summed E-state index contributed by atoms with van der Waals surface area (Å²) in [6.45, 7) is 3.01. The molecule has 25 heavy (non-hydrogen) atoms. The molecule has 1 aliphatic rings. The third kappa shape index (κ3) is 4.33. The molecule has 1 saturated heterocycles. The number of benzene rings is 2. The number of carbonyl (C=O) groups is 1. The number of anilines is 2. The smallest absolute Gasteiger partial charge is 0.292 e. The summed E-state index contributed by atoms with van der Waals surface area (Å²) >= 11 is 0. The van der Waals surface area contributed by atoms with Crippen molar-refractivity contribution in [2.45, 2.75) is 0 Å². The van der Waals surface area contributed by atoms with E-state index in [1.54, 1.807) is 12.1 Å². The molecule has 0 spiro atoms. The van der Waals surface area contributed by atoms with Crippen LogP contribution in [-0.4, -0.2) is 48.5 Å². The molecular formula is C18H20N4O3. The lowest BCUT2D eigenvalue weighted by Crippen LogP contribution is -2.48. The van der Waals surface area contributed by atoms with Crippen molar-refractivity contribution in [3.8, 4) is 0 Å². The molecule has 1 fully saturated rings. The highest BCUT2D eigenvalue weighted by Crippen LogP contribution is 2.28. The van der Waals surface area contributed by atoms with Crippen molar-refractivity contribution >= 4 is 23.0 Å². The van der Waals surface area contributed by atoms with E-state index in [0.717, 1.165) is 5.69 Å². The molecule has 0 aromatic heterocycles. The van der Waals surface area contributed by atoms with Crippen molar-refractivity contribution < 1.29 is 9.72 Å². The van der Waals surface area contributed by atoms with E-state index >= 15 is 0 Å². The monoisotopic (exact) mass is 340 g/mol. The zero-order valence-electron chi connectivity index (χ0n) is 13.8. The Morgan fingerprint density at radius 3 is 2.32 bits per heavy atom. The van der Waals surface area contributed by atoms with Gasteiger partial charge in [-0.05, 0) is 18.2 Å². The van der Waals surface area contributed by atoms with Crippen LogP contribution in [0.15, 0.2) is 54.6 Å². The van der Waals surface area contributed by atoms with Crippen LogP contribution in [0.4, 0.5) is 17.1 Å². The SMILES string of the molecule is O=C(CN1CCN(c2ccccc2[N+](=O)[O-])CC1)Nc1ccccc1. The zero-order valence-corrected chi connectivity index (χ0v) is 13.8. The lowest BCUT2D eigenvalue weighted by atomic mass is 10.2. The summed E-state index contributed by atoms with van der Waals surface area (Å²) in [7, 11) is 0. The second-order valence-electron chi connectivity index (χ2n) is 5.92. The number of hydrogen-bond donors (Lipinski definition) is 1. The van der Waals surface area contributed by atoms with Gasteiger partial charge in [-0.2, -0.15) is 0 Å². The summed E-state index contributed by atoms with van der Waals surface area (Å²) in [6, 6.07) is 16.1. The van der Waals surface area contributed by atoms with Crippen molar-refractivity contribution in [1.82, 2.24) is 4.90 Å². The largest absolute Gasteiger partial charge is 0.363 e. The second-order valence-corrected chi connectivity index (χ2v) is 5.92. The molecule has 1 aliphatic heterocycles. The van der Waals surface area contributed by atoms with E-state index in [1.165, 1.54) is 6.07 Å². The van der Waals surface area contributed by atoms with Gasteiger partial charge in [0.15, 0.2) is 0 Å². The summed E-state index contributed by atoms with van der Waals surface area (Å²) in [5, 5.41) is 14.0. The first-order valence-electron chi connectivity index (χ1n) is 8.19. The molecule has 7 heteroatoms. The van der Waals surface area contributed by atoms with Crippen molar-refractivity contribution in [3.05, 3.63) is 64.7 Å². The fourth-order valence-electron chi connectivity index (χ4n) is 2.96. The lowest BCUT2D eigenvalue weighted by molar-refractivity contribution is -0.384. The number of hydrogen-bond acceptors (Lipinski definition) is 5. The number of amides is 1. The molecule has 0 saturated carbocycles. The summed E-state index contributed by atoms with van der Waals surface area (Å²) in [4.78, 5) is 27.0. The van der Waals surface area contributed by atoms with Gasteiger partial charge >= 0.3 is 0 Å². The van der Waals surface area contributed by atoms with E-state index in [0.29, 0.717) is 38.4 Å². The van der Waals surface area contributed by atoms with Crippen LogP contribution in [0.5, 0.6) is 0 Å². The topological polar surface area (TPSA) is 78.7 Å². The Hall–Kier alpha value is -2.93. The number of nitro groups is 1. The molecule has 7 nitrogen and oxygen atoms in total. The van der Waals surface area contributed by atoms with E-state index in [4.69, 9.17) is 0 Å². The van der Waals surface area contributed by atoms with Crippen LogP contribution in [0.3, 0.4) is 0 Å². The Morgan fingerprint density at radius 1 is 1.00 bits per heavy atom. The van der Waals surface area contributed by atoms with E-state index in [9.17, 15) is 14.9 Å². The summed E-state index contributed by atoms with van der Waals surface area (Å²) in [5.74, 6) is -0.0506. The van der Waals surface area contributed by atoms with Gasteiger partial charge in [0.25, 0.3) is 5.69 Å². The molecule has 0 radical (unpaired) electrons. The quantitative estimate of drug-likeness (QED) is 0.668. The van der Waals surface area contributed by atoms with Crippen molar-refractivity contribution in [1.29, 1.82) is 0 Å². The number of rotatable bonds is 5. The van der Waals surface area contributed by atoms with Crippen LogP contribution in [0.25, 0.3) is 0 Å². The van der Waals surface area contributed by atoms with Crippen molar-refractivity contribution in [2.75, 3.05) is 42.9 Å². The first kappa shape index (κ1) is 16.9. The van der Waals surface area contributed by atoms with Crippen molar-refractivity contribution in [2.24, 2.45) is 0 Å². The summed E-state index contributed by atoms with van der Waals surface area (Å²) < 4.78 is 0. The maximum atomic E-state index is 12.1. The highest BCUT2D eigenvalue weighted by atomic mass is 16.6. The first-order chi connectivity index (χ1) is 12.1. The number of carbonyl (C=O) groups excluding carboxylic acids is 1. The maximum absolute atomic E-state index is 12.1. The molecule has 2 aromatic rings. The number of nitrogens with zero attached hydrogens (tertiary/aromatic N) is 3. The highest BCUT2D eigenvalue weighted by molar-refractivity contribution is 5.92. The third-order valence-electron chi connectivity index (χ3n) is 4.22. The van der Waals surface area contributed by atoms with Crippen LogP contribution in [0.1, 0.15) is 0 Å². The molecule has 1 heterocycles. The fourth-order valence-corrected chi connectivity index (χ4v) is 2.96. The molecule has 3 rings (SSSR count). The normalized spacial score (nSPS) is 15.0. The first-order valence-corrected chi connectivity index (χ1v) is 8.19. The number of piperazine rings is 1. The molecule has 1 N–H and O–H groups in total. The fraction of sp³-hybridized carbons (Fsp3) is 0.278. The van der Waals surface area contributed by atoms with Crippen LogP contribution >= 0.6 is 0 Å². The van der Waals surface area contributed by atoms with Gasteiger partial charge in [-0.1, -0.05) is 30.3 Å². The Bertz CT molecular complexity index is 743. The Kier molecular flexibility index (Phi) is 5.25. The minimum atomic E-state index is -0.352. The molecule has 0 atom stereocenters. The minimum Gasteiger partial charge on any atom is -0.363 e. The molecule has 0 aliphatic carbocycles. The molecule has 0 bridgehead atoms. The van der Waals surface area contributed by atoms with Gasteiger partial charge in [-0.15, -0.1) is 0 Å². The lowest BCUT2D eigenvalue weighted by Gasteiger charge is -2.35. The Morgan fingerprint density at radius 2 is 1.64 bits per heavy atom. The van der Waals surface area contributed by atoms with Gasteiger partial charge in [0, 0.05) is 37.9 Å². The van der Waals surface area contributed by atoms with Gasteiger partial charge in [0.05, 0.1) is 11.5 Å². The average Bonchev–Trinajstić information content (AvgIpc) is 2.63. The van der Waals surface area contributed by atoms with Crippen molar-refractivity contribution in [3.63, 3.8) is 0 Å². The van der Waals surface area contributed by atoms with Gasteiger partial charge in [0.2, 0.25) is 5.91 Å². The van der Waals surface area contributed by atoms with Crippen LogP contribution in [-0.2, 0) is 4.79 Å². The number of nitro benzene ring substituents is 1. The molecule has 1 amide bonds. The predicted molar refractivity (Wildman–Crippen MR) is 96.8 cm³/mol. The standard InChI is InChI=1S/C18H20N4O3/c23-18(19-15-6-2-1-3-7-15)14-20-10-12-21(13-11-20)16-8-4-5-9-17(16)22(24)25/h1-9H,10-14H2,(H,19,23). The van der Waals surface area contributed by atoms with Crippen LogP contribution in [0, 0.1) is 10.1 Å². The molecule has 130 valence electrons. The third-order valence-corrected chi connectivity index (χ3v) is 4.22. The maximum Gasteiger partial charge on any atom is 0.292 e. The summed E-state index contributed by atoms with van der Waals surface area (Å²) in [5.41, 5.74) is 1.55. The van der Waals surface area contributed by atoms with E-state index in [2.05, 4.69) is 10.2 Å². The van der Waals surface area contributed by atoms with Crippen LogP contribution < -0.4 is 10.2 Å². The molecular weight excluding hydrogens is 320 g/mol. The average molecular weight is 340 g/mol. The van der Waals surface area contributed by atoms with Gasteiger partial charge < -0.3 is 10.2 Å². The minimum absolute atomic E-state index is 0.0506. The Balaban J connectivity index is 1.54. The second kappa shape index (κ2) is 7.76. The highest BCUT2D eigenvalue weighted by Gasteiger charge is 2.24. The number of para-hydroxylation sites is 3. The van der Waals surface area contributed by atoms with E-state index < -0.39 is 0 Å². The van der Waals surface area contributed by atoms with E-state index in [1.807, 2.05) is 41.3 Å². The predicted octanol–water partition coefficient (Wildman–Crippen LogP) is 2.36. The summed E-state index contributed by atoms with van der Waals surface area (Å²) in [6.07, 6.45) is 0.